The minimum Gasteiger partial charge on any atom is -0.497 e. The molecule has 1 heterocycles. The number of para-hydroxylation sites is 1. The highest BCUT2D eigenvalue weighted by Crippen LogP contribution is 2.38. The van der Waals surface area contributed by atoms with Gasteiger partial charge in [-0.3, -0.25) is 4.79 Å². The van der Waals surface area contributed by atoms with E-state index in [0.29, 0.717) is 18.7 Å². The van der Waals surface area contributed by atoms with Crippen molar-refractivity contribution in [1.82, 2.24) is 4.90 Å². The number of nitrogens with zero attached hydrogens (tertiary/aromatic N) is 1. The summed E-state index contributed by atoms with van der Waals surface area (Å²) in [5.74, 6) is 0.791. The third-order valence-corrected chi connectivity index (χ3v) is 4.68. The largest absolute Gasteiger partial charge is 0.497 e. The molecule has 0 aromatic heterocycles. The van der Waals surface area contributed by atoms with Gasteiger partial charge in [-0.2, -0.15) is 0 Å². The number of hydrogen-bond acceptors (Lipinski definition) is 4. The maximum Gasteiger partial charge on any atom is 0.258 e. The monoisotopic (exact) mass is 340 g/mol. The molecule has 1 atom stereocenters. The van der Waals surface area contributed by atoms with Crippen molar-refractivity contribution in [3.8, 4) is 5.75 Å². The summed E-state index contributed by atoms with van der Waals surface area (Å²) in [7, 11) is 3.32. The Balaban J connectivity index is 2.05. The number of ether oxygens (including phenoxy) is 2. The average molecular weight is 340 g/mol. The van der Waals surface area contributed by atoms with Crippen LogP contribution in [0, 0.1) is 0 Å². The molecule has 0 fully saturated rings. The molecule has 0 radical (unpaired) electrons. The van der Waals surface area contributed by atoms with Gasteiger partial charge in [-0.05, 0) is 37.6 Å². The van der Waals surface area contributed by atoms with E-state index in [4.69, 9.17) is 9.47 Å². The van der Waals surface area contributed by atoms with Gasteiger partial charge >= 0.3 is 0 Å². The molecule has 1 amide bonds. The standard InChI is InChI=1S/C20H24N2O3/c1-20(15-8-6-9-16(14-15)25-3)21-18-11-5-4-10-17(18)19(23)22(20)12-7-13-24-2/h4-6,8-11,14,21H,7,12-13H2,1-3H3. The maximum atomic E-state index is 13.2. The molecule has 2 aromatic carbocycles. The molecule has 0 spiro atoms. The topological polar surface area (TPSA) is 50.8 Å². The molecule has 132 valence electrons. The van der Waals surface area contributed by atoms with Crippen LogP contribution in [0.4, 0.5) is 5.69 Å². The maximum absolute atomic E-state index is 13.2. The lowest BCUT2D eigenvalue weighted by molar-refractivity contribution is 0.0504. The van der Waals surface area contributed by atoms with Crippen LogP contribution in [-0.4, -0.2) is 38.2 Å². The van der Waals surface area contributed by atoms with Gasteiger partial charge in [0, 0.05) is 31.5 Å². The Morgan fingerprint density at radius 1 is 1.12 bits per heavy atom. The van der Waals surface area contributed by atoms with Crippen molar-refractivity contribution in [3.05, 3.63) is 59.7 Å². The lowest BCUT2D eigenvalue weighted by Gasteiger charge is -2.47. The van der Waals surface area contributed by atoms with E-state index in [1.165, 1.54) is 0 Å². The van der Waals surface area contributed by atoms with E-state index in [2.05, 4.69) is 5.32 Å². The van der Waals surface area contributed by atoms with Crippen LogP contribution in [0.1, 0.15) is 29.3 Å². The zero-order valence-electron chi connectivity index (χ0n) is 14.9. The Bertz CT molecular complexity index is 762. The second kappa shape index (κ2) is 7.15. The molecule has 25 heavy (non-hydrogen) atoms. The number of benzene rings is 2. The number of nitrogens with one attached hydrogen (secondary N) is 1. The second-order valence-electron chi connectivity index (χ2n) is 6.28. The van der Waals surface area contributed by atoms with Crippen LogP contribution in [0.25, 0.3) is 0 Å². The predicted molar refractivity (Wildman–Crippen MR) is 97.9 cm³/mol. The van der Waals surface area contributed by atoms with Gasteiger partial charge in [0.15, 0.2) is 0 Å². The SMILES string of the molecule is COCCCN1C(=O)c2ccccc2NC1(C)c1cccc(OC)c1. The van der Waals surface area contributed by atoms with Crippen LogP contribution in [-0.2, 0) is 10.4 Å². The van der Waals surface area contributed by atoms with Gasteiger partial charge in [-0.1, -0.05) is 24.3 Å². The van der Waals surface area contributed by atoms with Crippen LogP contribution in [0.3, 0.4) is 0 Å². The lowest BCUT2D eigenvalue weighted by Crippen LogP contribution is -2.56. The van der Waals surface area contributed by atoms with Gasteiger partial charge in [-0.15, -0.1) is 0 Å². The lowest BCUT2D eigenvalue weighted by atomic mass is 9.93. The van der Waals surface area contributed by atoms with Crippen LogP contribution < -0.4 is 10.1 Å². The number of carbonyl (C=O) groups excluding carboxylic acids is 1. The molecule has 1 unspecified atom stereocenters. The third kappa shape index (κ3) is 3.20. The molecular weight excluding hydrogens is 316 g/mol. The molecule has 2 aromatic rings. The molecule has 5 nitrogen and oxygen atoms in total. The fourth-order valence-corrected chi connectivity index (χ4v) is 3.30. The van der Waals surface area contributed by atoms with Crippen LogP contribution in [0.2, 0.25) is 0 Å². The summed E-state index contributed by atoms with van der Waals surface area (Å²) in [4.78, 5) is 15.0. The van der Waals surface area contributed by atoms with E-state index in [1.807, 2.05) is 60.4 Å². The fourth-order valence-electron chi connectivity index (χ4n) is 3.30. The average Bonchev–Trinajstić information content (AvgIpc) is 2.64. The molecule has 1 aliphatic rings. The van der Waals surface area contributed by atoms with Gasteiger partial charge in [0.2, 0.25) is 0 Å². The molecule has 0 aliphatic carbocycles. The molecule has 5 heteroatoms. The highest BCUT2D eigenvalue weighted by molar-refractivity contribution is 6.02. The van der Waals surface area contributed by atoms with E-state index in [9.17, 15) is 4.79 Å². The quantitative estimate of drug-likeness (QED) is 0.818. The highest BCUT2D eigenvalue weighted by Gasteiger charge is 2.42. The smallest absolute Gasteiger partial charge is 0.258 e. The van der Waals surface area contributed by atoms with E-state index in [0.717, 1.165) is 23.4 Å². The first-order chi connectivity index (χ1) is 12.1. The first-order valence-electron chi connectivity index (χ1n) is 8.43. The minimum absolute atomic E-state index is 0.0239. The number of methoxy groups -OCH3 is 2. The van der Waals surface area contributed by atoms with Crippen LogP contribution >= 0.6 is 0 Å². The number of rotatable bonds is 6. The molecule has 0 saturated carbocycles. The van der Waals surface area contributed by atoms with Crippen molar-refractivity contribution < 1.29 is 14.3 Å². The van der Waals surface area contributed by atoms with E-state index < -0.39 is 5.66 Å². The van der Waals surface area contributed by atoms with Crippen molar-refractivity contribution in [2.75, 3.05) is 32.7 Å². The van der Waals surface area contributed by atoms with Crippen molar-refractivity contribution in [3.63, 3.8) is 0 Å². The summed E-state index contributed by atoms with van der Waals surface area (Å²) < 4.78 is 10.5. The van der Waals surface area contributed by atoms with Gasteiger partial charge in [0.05, 0.1) is 12.7 Å². The number of fused-ring (bicyclic) bond motifs is 1. The minimum atomic E-state index is -0.659. The number of amides is 1. The van der Waals surface area contributed by atoms with Gasteiger partial charge in [0.25, 0.3) is 5.91 Å². The van der Waals surface area contributed by atoms with Gasteiger partial charge in [0.1, 0.15) is 11.4 Å². The molecule has 0 bridgehead atoms. The summed E-state index contributed by atoms with van der Waals surface area (Å²) >= 11 is 0. The molecule has 1 aliphatic heterocycles. The Morgan fingerprint density at radius 3 is 2.68 bits per heavy atom. The first-order valence-corrected chi connectivity index (χ1v) is 8.43. The molecular formula is C20H24N2O3. The van der Waals surface area contributed by atoms with Crippen LogP contribution in [0.5, 0.6) is 5.75 Å². The van der Waals surface area contributed by atoms with E-state index in [1.54, 1.807) is 14.2 Å². The number of anilines is 1. The van der Waals surface area contributed by atoms with Gasteiger partial charge < -0.3 is 19.7 Å². The van der Waals surface area contributed by atoms with Crippen molar-refractivity contribution >= 4 is 11.6 Å². The molecule has 3 rings (SSSR count). The first kappa shape index (κ1) is 17.3. The van der Waals surface area contributed by atoms with Crippen LogP contribution in [0.15, 0.2) is 48.5 Å². The van der Waals surface area contributed by atoms with Crippen molar-refractivity contribution in [2.24, 2.45) is 0 Å². The Morgan fingerprint density at radius 2 is 1.92 bits per heavy atom. The second-order valence-corrected chi connectivity index (χ2v) is 6.28. The van der Waals surface area contributed by atoms with Gasteiger partial charge in [-0.25, -0.2) is 0 Å². The van der Waals surface area contributed by atoms with Crippen molar-refractivity contribution in [2.45, 2.75) is 19.0 Å². The summed E-state index contributed by atoms with van der Waals surface area (Å²) in [6, 6.07) is 15.5. The Labute approximate surface area is 148 Å². The number of carbonyl (C=O) groups is 1. The fraction of sp³-hybridized carbons (Fsp3) is 0.350. The zero-order chi connectivity index (χ0) is 17.9. The zero-order valence-corrected chi connectivity index (χ0v) is 14.9. The Hall–Kier alpha value is -2.53. The highest BCUT2D eigenvalue weighted by atomic mass is 16.5. The normalized spacial score (nSPS) is 19.3. The molecule has 1 N–H and O–H groups in total. The molecule has 0 saturated heterocycles. The van der Waals surface area contributed by atoms with Crippen molar-refractivity contribution in [1.29, 1.82) is 0 Å². The summed E-state index contributed by atoms with van der Waals surface area (Å²) in [5.41, 5.74) is 1.86. The summed E-state index contributed by atoms with van der Waals surface area (Å²) in [5, 5.41) is 3.56. The Kier molecular flexibility index (Phi) is 4.95. The van der Waals surface area contributed by atoms with E-state index >= 15 is 0 Å². The predicted octanol–water partition coefficient (Wildman–Crippen LogP) is 3.47. The summed E-state index contributed by atoms with van der Waals surface area (Å²) in [6.45, 7) is 3.24. The number of hydrogen-bond donors (Lipinski definition) is 1. The third-order valence-electron chi connectivity index (χ3n) is 4.68. The van der Waals surface area contributed by atoms with E-state index in [-0.39, 0.29) is 5.91 Å². The summed E-state index contributed by atoms with van der Waals surface area (Å²) in [6.07, 6.45) is 0.769.